The van der Waals surface area contributed by atoms with Crippen LogP contribution in [0.3, 0.4) is 0 Å². The maximum Gasteiger partial charge on any atom is 0.338 e. The number of Topliss-reactive ketones (excluding diaryl/α,β-unsaturated/α-hetero) is 1. The highest BCUT2D eigenvalue weighted by Crippen LogP contribution is 2.12. The Balaban J connectivity index is 2.24. The molecule has 0 aliphatic rings. The molecule has 1 aromatic carbocycles. The van der Waals surface area contributed by atoms with Crippen molar-refractivity contribution in [2.45, 2.75) is 0 Å². The van der Waals surface area contributed by atoms with Crippen molar-refractivity contribution >= 4 is 29.2 Å². The number of rotatable bonds is 4. The summed E-state index contributed by atoms with van der Waals surface area (Å²) in [6.07, 6.45) is 0. The van der Waals surface area contributed by atoms with Crippen LogP contribution in [0.5, 0.6) is 0 Å². The van der Waals surface area contributed by atoms with Gasteiger partial charge in [0.2, 0.25) is 5.78 Å². The first-order chi connectivity index (χ1) is 11.2. The summed E-state index contributed by atoms with van der Waals surface area (Å²) in [5.41, 5.74) is 3.91. The first-order valence-corrected chi connectivity index (χ1v) is 7.13. The molecule has 0 saturated carbocycles. The lowest BCUT2D eigenvalue weighted by atomic mass is 10.2. The van der Waals surface area contributed by atoms with Crippen molar-refractivity contribution in [2.75, 3.05) is 12.3 Å². The van der Waals surface area contributed by atoms with Crippen molar-refractivity contribution in [1.29, 1.82) is 0 Å². The lowest BCUT2D eigenvalue weighted by Crippen LogP contribution is -2.42. The highest BCUT2D eigenvalue weighted by Gasteiger charge is 2.21. The van der Waals surface area contributed by atoms with Crippen LogP contribution in [0.15, 0.2) is 33.9 Å². The van der Waals surface area contributed by atoms with Gasteiger partial charge in [-0.15, -0.1) is 0 Å². The van der Waals surface area contributed by atoms with E-state index in [0.717, 1.165) is 9.13 Å². The molecule has 0 bridgehead atoms. The van der Waals surface area contributed by atoms with E-state index >= 15 is 0 Å². The van der Waals surface area contributed by atoms with Crippen molar-refractivity contribution in [3.63, 3.8) is 0 Å². The van der Waals surface area contributed by atoms with E-state index in [0.29, 0.717) is 5.02 Å². The standard InChI is InChI=1S/C15H14ClN3O5/c1-18-12(17)11(13(21)19(2)15(18)23)10(20)7-24-14(22)8-4-3-5-9(16)6-8/h3-6H,7,17H2,1-2H3. The minimum Gasteiger partial charge on any atom is -0.454 e. The Kier molecular flexibility index (Phi) is 4.89. The number of benzene rings is 1. The van der Waals surface area contributed by atoms with Crippen molar-refractivity contribution < 1.29 is 14.3 Å². The van der Waals surface area contributed by atoms with Gasteiger partial charge in [-0.3, -0.25) is 18.7 Å². The van der Waals surface area contributed by atoms with E-state index in [1.165, 1.54) is 26.2 Å². The van der Waals surface area contributed by atoms with Gasteiger partial charge in [0.25, 0.3) is 5.56 Å². The van der Waals surface area contributed by atoms with Gasteiger partial charge in [0.15, 0.2) is 6.61 Å². The van der Waals surface area contributed by atoms with E-state index in [1.807, 2.05) is 0 Å². The van der Waals surface area contributed by atoms with Crippen molar-refractivity contribution in [1.82, 2.24) is 9.13 Å². The normalized spacial score (nSPS) is 10.5. The highest BCUT2D eigenvalue weighted by molar-refractivity contribution is 6.30. The van der Waals surface area contributed by atoms with E-state index < -0.39 is 35.2 Å². The second kappa shape index (κ2) is 6.71. The van der Waals surface area contributed by atoms with Gasteiger partial charge in [-0.1, -0.05) is 17.7 Å². The number of carbonyl (C=O) groups is 2. The molecule has 0 aliphatic heterocycles. The minimum atomic E-state index is -0.848. The van der Waals surface area contributed by atoms with Gasteiger partial charge >= 0.3 is 11.7 Å². The number of anilines is 1. The largest absolute Gasteiger partial charge is 0.454 e. The fourth-order valence-electron chi connectivity index (χ4n) is 2.02. The van der Waals surface area contributed by atoms with Gasteiger partial charge in [0.05, 0.1) is 5.56 Å². The van der Waals surface area contributed by atoms with Gasteiger partial charge in [-0.25, -0.2) is 9.59 Å². The van der Waals surface area contributed by atoms with Gasteiger partial charge < -0.3 is 10.5 Å². The maximum absolute atomic E-state index is 12.2. The Hall–Kier alpha value is -2.87. The smallest absolute Gasteiger partial charge is 0.338 e. The van der Waals surface area contributed by atoms with Crippen LogP contribution < -0.4 is 17.0 Å². The summed E-state index contributed by atoms with van der Waals surface area (Å²) in [4.78, 5) is 47.8. The van der Waals surface area contributed by atoms with Crippen molar-refractivity contribution in [2.24, 2.45) is 14.1 Å². The van der Waals surface area contributed by atoms with Crippen LogP contribution in [0.25, 0.3) is 0 Å². The van der Waals surface area contributed by atoms with Crippen LogP contribution >= 0.6 is 11.6 Å². The molecule has 0 aliphatic carbocycles. The van der Waals surface area contributed by atoms with E-state index in [1.54, 1.807) is 12.1 Å². The molecule has 1 aromatic heterocycles. The van der Waals surface area contributed by atoms with E-state index in [-0.39, 0.29) is 11.4 Å². The third-order valence-corrected chi connectivity index (χ3v) is 3.62. The van der Waals surface area contributed by atoms with E-state index in [4.69, 9.17) is 22.1 Å². The summed E-state index contributed by atoms with van der Waals surface area (Å²) in [7, 11) is 2.55. The third kappa shape index (κ3) is 3.23. The quantitative estimate of drug-likeness (QED) is 0.628. The number of ketones is 1. The molecule has 126 valence electrons. The molecule has 0 spiro atoms. The molecular formula is C15H14ClN3O5. The first kappa shape index (κ1) is 17.5. The number of nitrogens with two attached hydrogens (primary N) is 1. The number of nitrogen functional groups attached to an aromatic ring is 1. The number of ether oxygens (including phenoxy) is 1. The lowest BCUT2D eigenvalue weighted by Gasteiger charge is -2.11. The Morgan fingerprint density at radius 2 is 1.88 bits per heavy atom. The number of esters is 1. The number of hydrogen-bond donors (Lipinski definition) is 1. The van der Waals surface area contributed by atoms with Crippen LogP contribution in [0.2, 0.25) is 5.02 Å². The van der Waals surface area contributed by atoms with Gasteiger partial charge in [-0.05, 0) is 18.2 Å². The van der Waals surface area contributed by atoms with Crippen molar-refractivity contribution in [3.05, 3.63) is 61.3 Å². The van der Waals surface area contributed by atoms with Crippen LogP contribution in [0.1, 0.15) is 20.7 Å². The van der Waals surface area contributed by atoms with Gasteiger partial charge in [0.1, 0.15) is 11.4 Å². The zero-order valence-electron chi connectivity index (χ0n) is 12.9. The fourth-order valence-corrected chi connectivity index (χ4v) is 2.21. The van der Waals surface area contributed by atoms with Crippen LogP contribution in [-0.2, 0) is 18.8 Å². The van der Waals surface area contributed by atoms with Gasteiger partial charge in [0, 0.05) is 19.1 Å². The molecule has 0 amide bonds. The van der Waals surface area contributed by atoms with Crippen LogP contribution in [-0.4, -0.2) is 27.5 Å². The second-order valence-electron chi connectivity index (χ2n) is 4.98. The first-order valence-electron chi connectivity index (χ1n) is 6.75. The predicted octanol–water partition coefficient (Wildman–Crippen LogP) is 0.359. The molecule has 2 rings (SSSR count). The summed E-state index contributed by atoms with van der Waals surface area (Å²) in [6.45, 7) is -0.691. The number of hydrogen-bond acceptors (Lipinski definition) is 6. The summed E-state index contributed by atoms with van der Waals surface area (Å²) < 4.78 is 6.60. The Morgan fingerprint density at radius 3 is 2.50 bits per heavy atom. The second-order valence-corrected chi connectivity index (χ2v) is 5.41. The molecule has 2 N–H and O–H groups in total. The van der Waals surface area contributed by atoms with Crippen LogP contribution in [0, 0.1) is 0 Å². The van der Waals surface area contributed by atoms with Crippen molar-refractivity contribution in [3.8, 4) is 0 Å². The van der Waals surface area contributed by atoms with Gasteiger partial charge in [-0.2, -0.15) is 0 Å². The molecule has 0 saturated heterocycles. The average Bonchev–Trinajstić information content (AvgIpc) is 2.56. The van der Waals surface area contributed by atoms with E-state index in [9.17, 15) is 19.2 Å². The summed E-state index contributed by atoms with van der Waals surface area (Å²) in [5.74, 6) is -1.86. The summed E-state index contributed by atoms with van der Waals surface area (Å²) in [6, 6.07) is 5.99. The lowest BCUT2D eigenvalue weighted by molar-refractivity contribution is 0.0474. The predicted molar refractivity (Wildman–Crippen MR) is 87.4 cm³/mol. The molecule has 0 fully saturated rings. The molecule has 2 aromatic rings. The zero-order valence-corrected chi connectivity index (χ0v) is 13.7. The molecular weight excluding hydrogens is 338 g/mol. The SMILES string of the molecule is Cn1c(N)c(C(=O)COC(=O)c2cccc(Cl)c2)c(=O)n(C)c1=O. The minimum absolute atomic E-state index is 0.164. The Labute approximate surface area is 141 Å². The molecule has 24 heavy (non-hydrogen) atoms. The summed E-state index contributed by atoms with van der Waals surface area (Å²) in [5, 5.41) is 0.340. The van der Waals surface area contributed by atoms with Crippen LogP contribution in [0.4, 0.5) is 5.82 Å². The van der Waals surface area contributed by atoms with E-state index in [2.05, 4.69) is 0 Å². The molecule has 0 unspecified atom stereocenters. The molecule has 0 atom stereocenters. The maximum atomic E-state index is 12.2. The number of halogens is 1. The Bertz CT molecular complexity index is 945. The molecule has 9 heteroatoms. The number of carbonyl (C=O) groups excluding carboxylic acids is 2. The highest BCUT2D eigenvalue weighted by atomic mass is 35.5. The molecule has 0 radical (unpaired) electrons. The topological polar surface area (TPSA) is 113 Å². The summed E-state index contributed by atoms with van der Waals surface area (Å²) >= 11 is 5.77. The average molecular weight is 352 g/mol. The molecule has 8 nitrogen and oxygen atoms in total. The monoisotopic (exact) mass is 351 g/mol. The number of nitrogens with zero attached hydrogens (tertiary/aromatic N) is 2. The zero-order chi connectivity index (χ0) is 18.0. The third-order valence-electron chi connectivity index (χ3n) is 3.38. The Morgan fingerprint density at radius 1 is 1.21 bits per heavy atom. The number of aromatic nitrogens is 2. The fraction of sp³-hybridized carbons (Fsp3) is 0.200. The molecule has 1 heterocycles.